The molecule has 1 heterocycles. The summed E-state index contributed by atoms with van der Waals surface area (Å²) in [6, 6.07) is 0. The van der Waals surface area contributed by atoms with E-state index in [1.165, 1.54) is 12.8 Å². The lowest BCUT2D eigenvalue weighted by Gasteiger charge is -2.33. The standard InChI is InChI=1S/C13H22NO2/c1-9-5-10-6-11(9)8-14(7-10)12(15)16-13(2,3)4/h9-11H,1,5-8H2,2-4H3/t9-,10?,11?/m1/s1. The first kappa shape index (κ1) is 11.7. The predicted molar refractivity (Wildman–Crippen MR) is 62.9 cm³/mol. The zero-order valence-corrected chi connectivity index (χ0v) is 10.5. The van der Waals surface area contributed by atoms with E-state index in [-0.39, 0.29) is 6.09 Å². The molecule has 16 heavy (non-hydrogen) atoms. The van der Waals surface area contributed by atoms with E-state index < -0.39 is 5.60 Å². The van der Waals surface area contributed by atoms with E-state index >= 15 is 0 Å². The van der Waals surface area contributed by atoms with Crippen LogP contribution in [0.25, 0.3) is 0 Å². The fourth-order valence-corrected chi connectivity index (χ4v) is 2.85. The van der Waals surface area contributed by atoms with E-state index in [2.05, 4.69) is 6.92 Å². The first-order valence-corrected chi connectivity index (χ1v) is 6.16. The van der Waals surface area contributed by atoms with Gasteiger partial charge in [0.1, 0.15) is 5.60 Å². The van der Waals surface area contributed by atoms with E-state index in [1.807, 2.05) is 25.7 Å². The quantitative estimate of drug-likeness (QED) is 0.633. The van der Waals surface area contributed by atoms with Crippen LogP contribution in [0.15, 0.2) is 0 Å². The maximum Gasteiger partial charge on any atom is 0.410 e. The summed E-state index contributed by atoms with van der Waals surface area (Å²) >= 11 is 0. The van der Waals surface area contributed by atoms with Crippen LogP contribution in [0.1, 0.15) is 33.6 Å². The summed E-state index contributed by atoms with van der Waals surface area (Å²) in [6.07, 6.45) is 2.26. The second kappa shape index (κ2) is 3.94. The lowest BCUT2D eigenvalue weighted by molar-refractivity contribution is 0.0149. The summed E-state index contributed by atoms with van der Waals surface area (Å²) in [7, 11) is 0. The lowest BCUT2D eigenvalue weighted by Crippen LogP contribution is -2.43. The van der Waals surface area contributed by atoms with Crippen molar-refractivity contribution < 1.29 is 9.53 Å². The second-order valence-electron chi connectivity index (χ2n) is 6.24. The summed E-state index contributed by atoms with van der Waals surface area (Å²) in [4.78, 5) is 13.8. The Morgan fingerprint density at radius 2 is 2.00 bits per heavy atom. The minimum atomic E-state index is -0.391. The monoisotopic (exact) mass is 224 g/mol. The summed E-state index contributed by atoms with van der Waals surface area (Å²) in [5.41, 5.74) is -0.391. The molecule has 3 nitrogen and oxygen atoms in total. The van der Waals surface area contributed by atoms with Crippen LogP contribution in [0.4, 0.5) is 4.79 Å². The summed E-state index contributed by atoms with van der Waals surface area (Å²) in [6.45, 7) is 11.6. The molecule has 3 heteroatoms. The number of ether oxygens (including phenoxy) is 1. The Hall–Kier alpha value is -0.730. The number of hydrogen-bond donors (Lipinski definition) is 0. The van der Waals surface area contributed by atoms with Gasteiger partial charge in [0.05, 0.1) is 0 Å². The van der Waals surface area contributed by atoms with Gasteiger partial charge < -0.3 is 9.64 Å². The number of nitrogens with zero attached hydrogens (tertiary/aromatic N) is 1. The number of fused-ring (bicyclic) bond motifs is 2. The largest absolute Gasteiger partial charge is 0.444 e. The van der Waals surface area contributed by atoms with Gasteiger partial charge >= 0.3 is 6.09 Å². The summed E-state index contributed by atoms with van der Waals surface area (Å²) < 4.78 is 5.40. The molecule has 0 aromatic heterocycles. The van der Waals surface area contributed by atoms with E-state index in [0.29, 0.717) is 17.8 Å². The summed E-state index contributed by atoms with van der Waals surface area (Å²) in [5.74, 6) is 1.76. The fraction of sp³-hybridized carbons (Fsp3) is 0.846. The van der Waals surface area contributed by atoms with Crippen LogP contribution in [0.5, 0.6) is 0 Å². The van der Waals surface area contributed by atoms with Gasteiger partial charge in [-0.2, -0.15) is 0 Å². The van der Waals surface area contributed by atoms with Crippen molar-refractivity contribution in [2.75, 3.05) is 13.1 Å². The molecular formula is C13H22NO2. The third-order valence-electron chi connectivity index (χ3n) is 3.52. The van der Waals surface area contributed by atoms with Crippen molar-refractivity contribution in [1.82, 2.24) is 4.90 Å². The van der Waals surface area contributed by atoms with Crippen LogP contribution in [-0.2, 0) is 4.74 Å². The van der Waals surface area contributed by atoms with Gasteiger partial charge in [-0.15, -0.1) is 0 Å². The van der Waals surface area contributed by atoms with Crippen LogP contribution in [-0.4, -0.2) is 29.7 Å². The van der Waals surface area contributed by atoms with Crippen LogP contribution < -0.4 is 0 Å². The number of piperidine rings is 1. The van der Waals surface area contributed by atoms with Gasteiger partial charge in [-0.05, 0) is 58.3 Å². The van der Waals surface area contributed by atoms with Gasteiger partial charge in [0.15, 0.2) is 0 Å². The van der Waals surface area contributed by atoms with E-state index in [9.17, 15) is 4.79 Å². The molecule has 2 unspecified atom stereocenters. The van der Waals surface area contributed by atoms with Crippen molar-refractivity contribution in [2.24, 2.45) is 17.8 Å². The molecule has 1 aliphatic heterocycles. The summed E-state index contributed by atoms with van der Waals surface area (Å²) in [5, 5.41) is 0. The molecule has 0 aromatic carbocycles. The Morgan fingerprint density at radius 3 is 2.56 bits per heavy atom. The molecule has 0 aromatic rings. The zero-order valence-electron chi connectivity index (χ0n) is 10.5. The number of carbonyl (C=O) groups is 1. The normalized spacial score (nSPS) is 34.0. The number of likely N-dealkylation sites (tertiary alicyclic amines) is 1. The molecule has 3 atom stereocenters. The Balaban J connectivity index is 1.94. The van der Waals surface area contributed by atoms with Crippen molar-refractivity contribution in [3.05, 3.63) is 6.92 Å². The first-order valence-electron chi connectivity index (χ1n) is 6.16. The van der Waals surface area contributed by atoms with Crippen LogP contribution in [0, 0.1) is 24.7 Å². The molecule has 2 fully saturated rings. The van der Waals surface area contributed by atoms with Crippen molar-refractivity contribution in [1.29, 1.82) is 0 Å². The van der Waals surface area contributed by atoms with Crippen molar-refractivity contribution in [3.8, 4) is 0 Å². The first-order chi connectivity index (χ1) is 7.35. The lowest BCUT2D eigenvalue weighted by atomic mass is 9.96. The number of rotatable bonds is 0. The van der Waals surface area contributed by atoms with Crippen molar-refractivity contribution >= 4 is 6.09 Å². The average molecular weight is 224 g/mol. The Morgan fingerprint density at radius 1 is 1.31 bits per heavy atom. The third kappa shape index (κ3) is 2.50. The molecule has 2 aliphatic rings. The van der Waals surface area contributed by atoms with Crippen LogP contribution >= 0.6 is 0 Å². The molecule has 1 saturated carbocycles. The molecule has 2 rings (SSSR count). The van der Waals surface area contributed by atoms with E-state index in [1.54, 1.807) is 0 Å². The Bertz CT molecular complexity index is 280. The van der Waals surface area contributed by atoms with Gasteiger partial charge in [-0.25, -0.2) is 4.79 Å². The van der Waals surface area contributed by atoms with E-state index in [4.69, 9.17) is 4.74 Å². The molecule has 0 spiro atoms. The number of carbonyl (C=O) groups excluding carboxylic acids is 1. The maximum absolute atomic E-state index is 11.9. The highest BCUT2D eigenvalue weighted by Crippen LogP contribution is 2.40. The second-order valence-corrected chi connectivity index (χ2v) is 6.24. The highest BCUT2D eigenvalue weighted by molar-refractivity contribution is 5.68. The average Bonchev–Trinajstić information content (AvgIpc) is 2.37. The molecular weight excluding hydrogens is 202 g/mol. The molecule has 1 radical (unpaired) electrons. The van der Waals surface area contributed by atoms with Crippen molar-refractivity contribution in [2.45, 2.75) is 39.2 Å². The molecule has 1 amide bonds. The zero-order chi connectivity index (χ0) is 11.9. The van der Waals surface area contributed by atoms with E-state index in [0.717, 1.165) is 13.1 Å². The fourth-order valence-electron chi connectivity index (χ4n) is 2.85. The van der Waals surface area contributed by atoms with Crippen molar-refractivity contribution in [3.63, 3.8) is 0 Å². The smallest absolute Gasteiger partial charge is 0.410 e. The highest BCUT2D eigenvalue weighted by Gasteiger charge is 2.40. The topological polar surface area (TPSA) is 29.5 Å². The third-order valence-corrected chi connectivity index (χ3v) is 3.52. The number of amides is 1. The molecule has 2 bridgehead atoms. The maximum atomic E-state index is 11.9. The van der Waals surface area contributed by atoms with Crippen LogP contribution in [0.3, 0.4) is 0 Å². The van der Waals surface area contributed by atoms with Gasteiger partial charge in [-0.3, -0.25) is 0 Å². The van der Waals surface area contributed by atoms with Gasteiger partial charge in [0.25, 0.3) is 0 Å². The molecule has 0 N–H and O–H groups in total. The minimum Gasteiger partial charge on any atom is -0.444 e. The number of hydrogen-bond acceptors (Lipinski definition) is 2. The van der Waals surface area contributed by atoms with Gasteiger partial charge in [0.2, 0.25) is 0 Å². The molecule has 91 valence electrons. The van der Waals surface area contributed by atoms with Gasteiger partial charge in [-0.1, -0.05) is 0 Å². The molecule has 1 aliphatic carbocycles. The Kier molecular flexibility index (Phi) is 2.89. The molecule has 1 saturated heterocycles. The van der Waals surface area contributed by atoms with Gasteiger partial charge in [0, 0.05) is 13.1 Å². The minimum absolute atomic E-state index is 0.156. The van der Waals surface area contributed by atoms with Crippen LogP contribution in [0.2, 0.25) is 0 Å². The predicted octanol–water partition coefficient (Wildman–Crippen LogP) is 2.71. The Labute approximate surface area is 98.1 Å². The SMILES string of the molecule is [CH2][C@@H]1CC2CC1CN(C(=O)OC(C)(C)C)C2. The highest BCUT2D eigenvalue weighted by atomic mass is 16.6.